The monoisotopic (exact) mass is 435 g/mol. The van der Waals surface area contributed by atoms with Crippen LogP contribution in [0.15, 0.2) is 42.5 Å². The molecule has 3 rings (SSSR count). The average Bonchev–Trinajstić information content (AvgIpc) is 2.72. The average molecular weight is 435 g/mol. The number of nitrogens with one attached hydrogen (secondary N) is 2. The molecule has 0 spiro atoms. The second kappa shape index (κ2) is 9.12. The molecule has 0 atom stereocenters. The highest BCUT2D eigenvalue weighted by Crippen LogP contribution is 2.35. The van der Waals surface area contributed by atoms with Crippen LogP contribution in [0.4, 0.5) is 15.8 Å². The van der Waals surface area contributed by atoms with Crippen molar-refractivity contribution < 1.29 is 27.1 Å². The van der Waals surface area contributed by atoms with Crippen LogP contribution in [-0.2, 0) is 26.2 Å². The standard InChI is InChI=1S/C20H22FN3O5S/c1-29-18-9-8-16(12-17(18)24-10-2-3-11-30(24,27)28)23-20(26)19(25)22-13-14-4-6-15(21)7-5-14/h4-9,12H,2-3,10-11,13H2,1H3,(H,22,25)(H,23,26). The van der Waals surface area contributed by atoms with Gasteiger partial charge in [0.1, 0.15) is 11.6 Å². The number of rotatable bonds is 5. The van der Waals surface area contributed by atoms with Gasteiger partial charge in [-0.1, -0.05) is 12.1 Å². The zero-order valence-corrected chi connectivity index (χ0v) is 17.2. The van der Waals surface area contributed by atoms with Crippen molar-refractivity contribution in [1.82, 2.24) is 5.32 Å². The molecule has 2 amide bonds. The Hall–Kier alpha value is -3.14. The summed E-state index contributed by atoms with van der Waals surface area (Å²) in [5, 5.41) is 4.90. The molecule has 0 aliphatic carbocycles. The minimum absolute atomic E-state index is 0.0402. The molecular weight excluding hydrogens is 413 g/mol. The quantitative estimate of drug-likeness (QED) is 0.700. The largest absolute Gasteiger partial charge is 0.495 e. The SMILES string of the molecule is COc1ccc(NC(=O)C(=O)NCc2ccc(F)cc2)cc1N1CCCCS1(=O)=O. The minimum atomic E-state index is -3.48. The zero-order valence-electron chi connectivity index (χ0n) is 16.4. The Kier molecular flexibility index (Phi) is 6.56. The zero-order chi connectivity index (χ0) is 21.7. The number of halogens is 1. The lowest BCUT2D eigenvalue weighted by atomic mass is 10.2. The molecule has 160 valence electrons. The van der Waals surface area contributed by atoms with E-state index in [-0.39, 0.29) is 18.0 Å². The highest BCUT2D eigenvalue weighted by molar-refractivity contribution is 7.92. The predicted octanol–water partition coefficient (Wildman–Crippen LogP) is 2.02. The number of hydrogen-bond donors (Lipinski definition) is 2. The fourth-order valence-electron chi connectivity index (χ4n) is 3.07. The summed E-state index contributed by atoms with van der Waals surface area (Å²) >= 11 is 0. The summed E-state index contributed by atoms with van der Waals surface area (Å²) in [6, 6.07) is 10.0. The van der Waals surface area contributed by atoms with E-state index in [1.54, 1.807) is 0 Å². The van der Waals surface area contributed by atoms with Gasteiger partial charge in [0.25, 0.3) is 0 Å². The molecule has 2 aromatic rings. The first-order valence-electron chi connectivity index (χ1n) is 9.32. The van der Waals surface area contributed by atoms with Gasteiger partial charge in [-0.05, 0) is 48.7 Å². The number of methoxy groups -OCH3 is 1. The van der Waals surface area contributed by atoms with Crippen LogP contribution in [0, 0.1) is 5.82 Å². The van der Waals surface area contributed by atoms with E-state index in [4.69, 9.17) is 4.74 Å². The molecule has 1 heterocycles. The lowest BCUT2D eigenvalue weighted by Gasteiger charge is -2.29. The first kappa shape index (κ1) is 21.6. The van der Waals surface area contributed by atoms with Gasteiger partial charge in [0.15, 0.2) is 0 Å². The molecule has 0 radical (unpaired) electrons. The van der Waals surface area contributed by atoms with Crippen molar-refractivity contribution in [3.63, 3.8) is 0 Å². The highest BCUT2D eigenvalue weighted by atomic mass is 32.2. The molecule has 1 fully saturated rings. The van der Waals surface area contributed by atoms with Crippen molar-refractivity contribution in [1.29, 1.82) is 0 Å². The number of benzene rings is 2. The van der Waals surface area contributed by atoms with Crippen LogP contribution in [0.25, 0.3) is 0 Å². The molecular formula is C20H22FN3O5S. The molecule has 1 saturated heterocycles. The lowest BCUT2D eigenvalue weighted by molar-refractivity contribution is -0.136. The molecule has 1 aliphatic rings. The van der Waals surface area contributed by atoms with Gasteiger partial charge >= 0.3 is 11.8 Å². The summed E-state index contributed by atoms with van der Waals surface area (Å²) in [5.74, 6) is -1.79. The molecule has 8 nitrogen and oxygen atoms in total. The number of anilines is 2. The number of hydrogen-bond acceptors (Lipinski definition) is 5. The molecule has 0 bridgehead atoms. The summed E-state index contributed by atoms with van der Waals surface area (Å²) in [6.07, 6.45) is 1.30. The van der Waals surface area contributed by atoms with Gasteiger partial charge in [0.05, 0.1) is 18.6 Å². The second-order valence-electron chi connectivity index (χ2n) is 6.75. The van der Waals surface area contributed by atoms with Gasteiger partial charge in [0.2, 0.25) is 10.0 Å². The fraction of sp³-hybridized carbons (Fsp3) is 0.300. The van der Waals surface area contributed by atoms with E-state index in [0.29, 0.717) is 36.4 Å². The van der Waals surface area contributed by atoms with Crippen LogP contribution >= 0.6 is 0 Å². The number of carbonyl (C=O) groups excluding carboxylic acids is 2. The molecule has 30 heavy (non-hydrogen) atoms. The summed E-state index contributed by atoms with van der Waals surface area (Å²) in [5.41, 5.74) is 1.20. The van der Waals surface area contributed by atoms with Crippen LogP contribution in [0.3, 0.4) is 0 Å². The van der Waals surface area contributed by atoms with Gasteiger partial charge < -0.3 is 15.4 Å². The smallest absolute Gasteiger partial charge is 0.313 e. The Morgan fingerprint density at radius 2 is 1.83 bits per heavy atom. The summed E-state index contributed by atoms with van der Waals surface area (Å²) < 4.78 is 44.3. The normalized spacial score (nSPS) is 15.3. The van der Waals surface area contributed by atoms with Crippen molar-refractivity contribution in [3.05, 3.63) is 53.8 Å². The van der Waals surface area contributed by atoms with Gasteiger partial charge in [-0.3, -0.25) is 13.9 Å². The van der Waals surface area contributed by atoms with Crippen molar-refractivity contribution in [2.75, 3.05) is 29.0 Å². The topological polar surface area (TPSA) is 105 Å². The van der Waals surface area contributed by atoms with E-state index in [1.807, 2.05) is 0 Å². The lowest BCUT2D eigenvalue weighted by Crippen LogP contribution is -2.38. The summed E-state index contributed by atoms with van der Waals surface area (Å²) in [6.45, 7) is 0.376. The molecule has 0 unspecified atom stereocenters. The third kappa shape index (κ3) is 5.07. The van der Waals surface area contributed by atoms with Crippen molar-refractivity contribution in [2.24, 2.45) is 0 Å². The Morgan fingerprint density at radius 3 is 2.50 bits per heavy atom. The maximum absolute atomic E-state index is 12.9. The summed E-state index contributed by atoms with van der Waals surface area (Å²) in [7, 11) is -2.05. The molecule has 1 aliphatic heterocycles. The number of amides is 2. The van der Waals surface area contributed by atoms with E-state index >= 15 is 0 Å². The molecule has 2 N–H and O–H groups in total. The van der Waals surface area contributed by atoms with Crippen LogP contribution in [0.5, 0.6) is 5.75 Å². The third-order valence-corrected chi connectivity index (χ3v) is 6.48. The first-order valence-corrected chi connectivity index (χ1v) is 10.9. The van der Waals surface area contributed by atoms with Crippen LogP contribution in [0.1, 0.15) is 18.4 Å². The number of ether oxygens (including phenoxy) is 1. The van der Waals surface area contributed by atoms with Crippen molar-refractivity contribution >= 4 is 33.2 Å². The summed E-state index contributed by atoms with van der Waals surface area (Å²) in [4.78, 5) is 24.3. The third-order valence-electron chi connectivity index (χ3n) is 4.63. The first-order chi connectivity index (χ1) is 14.3. The molecule has 10 heteroatoms. The Labute approximate surface area is 174 Å². The maximum Gasteiger partial charge on any atom is 0.313 e. The van der Waals surface area contributed by atoms with E-state index < -0.39 is 27.7 Å². The van der Waals surface area contributed by atoms with Crippen molar-refractivity contribution in [3.8, 4) is 5.75 Å². The highest BCUT2D eigenvalue weighted by Gasteiger charge is 2.28. The Balaban J connectivity index is 1.70. The minimum Gasteiger partial charge on any atom is -0.495 e. The van der Waals surface area contributed by atoms with Crippen LogP contribution in [0.2, 0.25) is 0 Å². The molecule has 0 saturated carbocycles. The van der Waals surface area contributed by atoms with Crippen LogP contribution in [-0.4, -0.2) is 39.6 Å². The molecule has 0 aromatic heterocycles. The van der Waals surface area contributed by atoms with Gasteiger partial charge in [-0.25, -0.2) is 12.8 Å². The van der Waals surface area contributed by atoms with E-state index in [2.05, 4.69) is 10.6 Å². The van der Waals surface area contributed by atoms with E-state index in [1.165, 1.54) is 53.9 Å². The number of carbonyl (C=O) groups is 2. The predicted molar refractivity (Wildman–Crippen MR) is 110 cm³/mol. The molecule has 2 aromatic carbocycles. The van der Waals surface area contributed by atoms with Gasteiger partial charge in [0, 0.05) is 18.8 Å². The number of nitrogens with zero attached hydrogens (tertiary/aromatic N) is 1. The fourth-order valence-corrected chi connectivity index (χ4v) is 4.71. The second-order valence-corrected chi connectivity index (χ2v) is 8.76. The Morgan fingerprint density at radius 1 is 1.10 bits per heavy atom. The van der Waals surface area contributed by atoms with Crippen LogP contribution < -0.4 is 19.7 Å². The maximum atomic E-state index is 12.9. The number of sulfonamides is 1. The van der Waals surface area contributed by atoms with E-state index in [9.17, 15) is 22.4 Å². The van der Waals surface area contributed by atoms with Gasteiger partial charge in [-0.15, -0.1) is 0 Å². The van der Waals surface area contributed by atoms with Gasteiger partial charge in [-0.2, -0.15) is 0 Å². The van der Waals surface area contributed by atoms with E-state index in [0.717, 1.165) is 0 Å². The Bertz CT molecular complexity index is 1040. The van der Waals surface area contributed by atoms with Crippen molar-refractivity contribution in [2.45, 2.75) is 19.4 Å².